The maximum absolute atomic E-state index is 5.92. The number of halogens is 1. The normalized spacial score (nSPS) is 18.4. The van der Waals surface area contributed by atoms with Crippen LogP contribution < -0.4 is 10.1 Å². The van der Waals surface area contributed by atoms with E-state index in [-0.39, 0.29) is 6.10 Å². The highest BCUT2D eigenvalue weighted by molar-refractivity contribution is 7.10. The van der Waals surface area contributed by atoms with Crippen LogP contribution in [0.5, 0.6) is 5.75 Å². The molecule has 0 radical (unpaired) electrons. The van der Waals surface area contributed by atoms with Crippen LogP contribution in [0.15, 0.2) is 35.7 Å². The van der Waals surface area contributed by atoms with E-state index in [0.29, 0.717) is 0 Å². The smallest absolute Gasteiger partial charge is 0.150 e. The molecule has 1 aromatic heterocycles. The van der Waals surface area contributed by atoms with Crippen LogP contribution in [0.3, 0.4) is 0 Å². The molecular formula is C12H10ClNOS. The summed E-state index contributed by atoms with van der Waals surface area (Å²) < 4.78 is 5.92. The van der Waals surface area contributed by atoms with Crippen molar-refractivity contribution in [2.75, 3.05) is 11.9 Å². The number of hydrogen-bond donors (Lipinski definition) is 1. The summed E-state index contributed by atoms with van der Waals surface area (Å²) in [5.41, 5.74) is 0.973. The van der Waals surface area contributed by atoms with E-state index in [0.717, 1.165) is 23.0 Å². The Hall–Kier alpha value is -1.19. The van der Waals surface area contributed by atoms with Gasteiger partial charge in [0.05, 0.1) is 12.2 Å². The Labute approximate surface area is 103 Å². The van der Waals surface area contributed by atoms with Crippen molar-refractivity contribution < 1.29 is 4.74 Å². The number of benzene rings is 1. The average molecular weight is 252 g/mol. The van der Waals surface area contributed by atoms with E-state index in [2.05, 4.69) is 16.8 Å². The van der Waals surface area contributed by atoms with Crippen LogP contribution in [0.1, 0.15) is 11.0 Å². The number of fused-ring (bicyclic) bond motifs is 1. The molecule has 0 amide bonds. The Bertz CT molecular complexity index is 498. The fraction of sp³-hybridized carbons (Fsp3) is 0.167. The van der Waals surface area contributed by atoms with Gasteiger partial charge in [-0.15, -0.1) is 11.3 Å². The SMILES string of the molecule is Clc1ccc2c(c1)NCC(c1cccs1)O2. The molecule has 1 aliphatic heterocycles. The van der Waals surface area contributed by atoms with Crippen molar-refractivity contribution in [3.05, 3.63) is 45.6 Å². The molecule has 1 N–H and O–H groups in total. The van der Waals surface area contributed by atoms with Gasteiger partial charge in [0.1, 0.15) is 5.75 Å². The summed E-state index contributed by atoms with van der Waals surface area (Å²) in [4.78, 5) is 1.24. The molecule has 2 nitrogen and oxygen atoms in total. The number of ether oxygens (including phenoxy) is 1. The largest absolute Gasteiger partial charge is 0.481 e. The minimum absolute atomic E-state index is 0.105. The summed E-state index contributed by atoms with van der Waals surface area (Å²) in [5, 5.41) is 6.13. The Balaban J connectivity index is 1.89. The van der Waals surface area contributed by atoms with Crippen LogP contribution in [-0.2, 0) is 0 Å². The molecular weight excluding hydrogens is 242 g/mol. The zero-order valence-electron chi connectivity index (χ0n) is 8.44. The van der Waals surface area contributed by atoms with Crippen LogP contribution >= 0.6 is 22.9 Å². The van der Waals surface area contributed by atoms with E-state index >= 15 is 0 Å². The van der Waals surface area contributed by atoms with Gasteiger partial charge in [-0.2, -0.15) is 0 Å². The van der Waals surface area contributed by atoms with Gasteiger partial charge < -0.3 is 10.1 Å². The third-order valence-electron chi connectivity index (χ3n) is 2.55. The Morgan fingerprint density at radius 3 is 3.12 bits per heavy atom. The summed E-state index contributed by atoms with van der Waals surface area (Å²) in [7, 11) is 0. The molecule has 0 fully saturated rings. The standard InChI is InChI=1S/C12H10ClNOS/c13-8-3-4-10-9(6-8)14-7-11(15-10)12-2-1-5-16-12/h1-6,11,14H,7H2. The van der Waals surface area contributed by atoms with Crippen LogP contribution in [-0.4, -0.2) is 6.54 Å². The van der Waals surface area contributed by atoms with Gasteiger partial charge in [0, 0.05) is 9.90 Å². The highest BCUT2D eigenvalue weighted by Gasteiger charge is 2.21. The summed E-state index contributed by atoms with van der Waals surface area (Å²) in [6, 6.07) is 9.78. The average Bonchev–Trinajstić information content (AvgIpc) is 2.82. The first kappa shape index (κ1) is 10.00. The van der Waals surface area contributed by atoms with Crippen molar-refractivity contribution in [2.24, 2.45) is 0 Å². The predicted molar refractivity (Wildman–Crippen MR) is 67.6 cm³/mol. The number of anilines is 1. The molecule has 1 aliphatic rings. The van der Waals surface area contributed by atoms with Gasteiger partial charge in [0.25, 0.3) is 0 Å². The number of hydrogen-bond acceptors (Lipinski definition) is 3. The van der Waals surface area contributed by atoms with Crippen LogP contribution in [0, 0.1) is 0 Å². The number of thiophene rings is 1. The Kier molecular flexibility index (Phi) is 2.50. The molecule has 16 heavy (non-hydrogen) atoms. The second-order valence-corrected chi connectivity index (χ2v) is 5.06. The second-order valence-electron chi connectivity index (χ2n) is 3.64. The molecule has 0 spiro atoms. The first-order chi connectivity index (χ1) is 7.83. The van der Waals surface area contributed by atoms with Gasteiger partial charge in [-0.25, -0.2) is 0 Å². The highest BCUT2D eigenvalue weighted by Crippen LogP contribution is 2.36. The second kappa shape index (κ2) is 4.00. The van der Waals surface area contributed by atoms with Crippen molar-refractivity contribution >= 4 is 28.6 Å². The lowest BCUT2D eigenvalue weighted by Crippen LogP contribution is -2.22. The van der Waals surface area contributed by atoms with Crippen molar-refractivity contribution in [3.8, 4) is 5.75 Å². The van der Waals surface area contributed by atoms with E-state index < -0.39 is 0 Å². The first-order valence-electron chi connectivity index (χ1n) is 5.06. The molecule has 1 aromatic carbocycles. The van der Waals surface area contributed by atoms with Crippen molar-refractivity contribution in [2.45, 2.75) is 6.10 Å². The lowest BCUT2D eigenvalue weighted by atomic mass is 10.2. The summed E-state index contributed by atoms with van der Waals surface area (Å²) in [5.74, 6) is 0.869. The van der Waals surface area contributed by atoms with Crippen molar-refractivity contribution in [3.63, 3.8) is 0 Å². The minimum Gasteiger partial charge on any atom is -0.481 e. The van der Waals surface area contributed by atoms with Gasteiger partial charge in [0.15, 0.2) is 6.10 Å². The molecule has 1 unspecified atom stereocenters. The van der Waals surface area contributed by atoms with E-state index in [9.17, 15) is 0 Å². The first-order valence-corrected chi connectivity index (χ1v) is 6.32. The highest BCUT2D eigenvalue weighted by atomic mass is 35.5. The molecule has 0 aliphatic carbocycles. The van der Waals surface area contributed by atoms with Gasteiger partial charge in [-0.05, 0) is 29.6 Å². The summed E-state index contributed by atoms with van der Waals surface area (Å²) >= 11 is 7.64. The Morgan fingerprint density at radius 1 is 1.38 bits per heavy atom. The molecule has 82 valence electrons. The van der Waals surface area contributed by atoms with E-state index in [1.807, 2.05) is 24.3 Å². The third-order valence-corrected chi connectivity index (χ3v) is 3.75. The monoisotopic (exact) mass is 251 g/mol. The fourth-order valence-electron chi connectivity index (χ4n) is 1.77. The zero-order valence-corrected chi connectivity index (χ0v) is 10.0. The van der Waals surface area contributed by atoms with Gasteiger partial charge in [-0.3, -0.25) is 0 Å². The van der Waals surface area contributed by atoms with Crippen LogP contribution in [0.25, 0.3) is 0 Å². The number of nitrogens with one attached hydrogen (secondary N) is 1. The number of rotatable bonds is 1. The van der Waals surface area contributed by atoms with Crippen LogP contribution in [0.2, 0.25) is 5.02 Å². The topological polar surface area (TPSA) is 21.3 Å². The Morgan fingerprint density at radius 2 is 2.31 bits per heavy atom. The quantitative estimate of drug-likeness (QED) is 0.829. The fourth-order valence-corrected chi connectivity index (χ4v) is 2.70. The summed E-state index contributed by atoms with van der Waals surface area (Å²) in [6.45, 7) is 0.786. The minimum atomic E-state index is 0.105. The molecule has 1 atom stereocenters. The molecule has 0 saturated heterocycles. The maximum Gasteiger partial charge on any atom is 0.150 e. The predicted octanol–water partition coefficient (Wildman–Crippen LogP) is 3.95. The molecule has 2 heterocycles. The maximum atomic E-state index is 5.92. The molecule has 2 aromatic rings. The summed E-state index contributed by atoms with van der Waals surface area (Å²) in [6.07, 6.45) is 0.105. The van der Waals surface area contributed by atoms with E-state index in [1.54, 1.807) is 11.3 Å². The molecule has 0 saturated carbocycles. The van der Waals surface area contributed by atoms with Gasteiger partial charge in [0.2, 0.25) is 0 Å². The van der Waals surface area contributed by atoms with Crippen molar-refractivity contribution in [1.29, 1.82) is 0 Å². The lowest BCUT2D eigenvalue weighted by molar-refractivity contribution is 0.214. The van der Waals surface area contributed by atoms with E-state index in [1.165, 1.54) is 4.88 Å². The molecule has 4 heteroatoms. The zero-order chi connectivity index (χ0) is 11.0. The lowest BCUT2D eigenvalue weighted by Gasteiger charge is -2.26. The molecule has 3 rings (SSSR count). The van der Waals surface area contributed by atoms with Crippen LogP contribution in [0.4, 0.5) is 5.69 Å². The van der Waals surface area contributed by atoms with Gasteiger partial charge in [-0.1, -0.05) is 17.7 Å². The molecule has 0 bridgehead atoms. The van der Waals surface area contributed by atoms with Crippen molar-refractivity contribution in [1.82, 2.24) is 0 Å². The van der Waals surface area contributed by atoms with E-state index in [4.69, 9.17) is 16.3 Å². The van der Waals surface area contributed by atoms with Gasteiger partial charge >= 0.3 is 0 Å². The third kappa shape index (κ3) is 1.77.